The first-order valence-corrected chi connectivity index (χ1v) is 3.81. The van der Waals surface area contributed by atoms with Crippen LogP contribution in [-0.2, 0) is 0 Å². The van der Waals surface area contributed by atoms with Gasteiger partial charge in [0.25, 0.3) is 0 Å². The first-order valence-electron chi connectivity index (χ1n) is 3.81. The molecule has 62 valence electrons. The average Bonchev–Trinajstić information content (AvgIpc) is 2.02. The van der Waals surface area contributed by atoms with Gasteiger partial charge >= 0.3 is 0 Å². The average molecular weight is 162 g/mol. The molecule has 0 amide bonds. The fourth-order valence-corrected chi connectivity index (χ4v) is 1.08. The molecule has 4 heteroatoms. The van der Waals surface area contributed by atoms with Gasteiger partial charge in [-0.05, 0) is 19.9 Å². The Labute approximate surface area is 71.0 Å². The molecule has 2 rings (SSSR count). The van der Waals surface area contributed by atoms with Gasteiger partial charge in [-0.15, -0.1) is 0 Å². The molecular weight excluding hydrogens is 152 g/mol. The van der Waals surface area contributed by atoms with E-state index < -0.39 is 0 Å². The number of hydrogen-bond acceptors (Lipinski definition) is 4. The van der Waals surface area contributed by atoms with Gasteiger partial charge in [-0.2, -0.15) is 5.10 Å². The Morgan fingerprint density at radius 3 is 3.08 bits per heavy atom. The lowest BCUT2D eigenvalue weighted by Crippen LogP contribution is -2.33. The van der Waals surface area contributed by atoms with Crippen molar-refractivity contribution in [3.8, 4) is 0 Å². The SMILES string of the molecule is CC1(C)C=CN2N=CN=CC2=N1. The molecular formula is C8H10N4. The molecule has 2 aliphatic rings. The van der Waals surface area contributed by atoms with E-state index in [-0.39, 0.29) is 5.54 Å². The lowest BCUT2D eigenvalue weighted by atomic mass is 10.1. The van der Waals surface area contributed by atoms with Crippen molar-refractivity contribution in [1.29, 1.82) is 0 Å². The molecule has 12 heavy (non-hydrogen) atoms. The van der Waals surface area contributed by atoms with Gasteiger partial charge in [-0.1, -0.05) is 0 Å². The minimum absolute atomic E-state index is 0.134. The first kappa shape index (κ1) is 7.21. The molecule has 0 aromatic heterocycles. The zero-order chi connectivity index (χ0) is 8.60. The zero-order valence-electron chi connectivity index (χ0n) is 7.10. The highest BCUT2D eigenvalue weighted by Gasteiger charge is 2.21. The van der Waals surface area contributed by atoms with Crippen LogP contribution in [0.15, 0.2) is 27.4 Å². The maximum Gasteiger partial charge on any atom is 0.168 e. The van der Waals surface area contributed by atoms with Gasteiger partial charge in [0, 0.05) is 6.20 Å². The second-order valence-corrected chi connectivity index (χ2v) is 3.29. The summed E-state index contributed by atoms with van der Waals surface area (Å²) in [5.74, 6) is 0.796. The maximum atomic E-state index is 4.43. The molecule has 0 atom stereocenters. The molecule has 0 saturated carbocycles. The van der Waals surface area contributed by atoms with Crippen molar-refractivity contribution in [2.24, 2.45) is 15.1 Å². The normalized spacial score (nSPS) is 23.8. The summed E-state index contributed by atoms with van der Waals surface area (Å²) in [5, 5.41) is 5.72. The molecule has 0 bridgehead atoms. The monoisotopic (exact) mass is 162 g/mol. The van der Waals surface area contributed by atoms with E-state index in [2.05, 4.69) is 15.1 Å². The van der Waals surface area contributed by atoms with Crippen LogP contribution in [0.1, 0.15) is 13.8 Å². The van der Waals surface area contributed by atoms with Crippen LogP contribution in [0.5, 0.6) is 0 Å². The van der Waals surface area contributed by atoms with Crippen LogP contribution in [-0.4, -0.2) is 28.9 Å². The molecule has 0 aliphatic carbocycles. The lowest BCUT2D eigenvalue weighted by molar-refractivity contribution is 0.537. The topological polar surface area (TPSA) is 40.3 Å². The number of hydrogen-bond donors (Lipinski definition) is 0. The van der Waals surface area contributed by atoms with Crippen molar-refractivity contribution in [2.75, 3.05) is 0 Å². The molecule has 0 aromatic rings. The van der Waals surface area contributed by atoms with Gasteiger partial charge in [0.1, 0.15) is 6.34 Å². The fourth-order valence-electron chi connectivity index (χ4n) is 1.08. The van der Waals surface area contributed by atoms with Gasteiger partial charge in [-0.25, -0.2) is 10.0 Å². The van der Waals surface area contributed by atoms with Crippen LogP contribution in [0.25, 0.3) is 0 Å². The number of nitrogens with zero attached hydrogens (tertiary/aromatic N) is 4. The largest absolute Gasteiger partial charge is 0.255 e. The van der Waals surface area contributed by atoms with Crippen LogP contribution in [0.4, 0.5) is 0 Å². The van der Waals surface area contributed by atoms with Crippen molar-refractivity contribution in [1.82, 2.24) is 5.01 Å². The molecule has 0 radical (unpaired) electrons. The number of fused-ring (bicyclic) bond motifs is 1. The third kappa shape index (κ3) is 1.15. The van der Waals surface area contributed by atoms with Gasteiger partial charge in [0.2, 0.25) is 0 Å². The summed E-state index contributed by atoms with van der Waals surface area (Å²) in [4.78, 5) is 8.33. The third-order valence-corrected chi connectivity index (χ3v) is 1.69. The summed E-state index contributed by atoms with van der Waals surface area (Å²) >= 11 is 0. The standard InChI is InChI=1S/C8H10N4/c1-8(2)3-4-12-7(11-8)5-9-6-10-12/h3-6H,1-2H3. The highest BCUT2D eigenvalue weighted by Crippen LogP contribution is 2.17. The Morgan fingerprint density at radius 2 is 2.25 bits per heavy atom. The van der Waals surface area contributed by atoms with Gasteiger partial charge < -0.3 is 0 Å². The smallest absolute Gasteiger partial charge is 0.168 e. The first-order chi connectivity index (χ1) is 5.67. The highest BCUT2D eigenvalue weighted by molar-refractivity contribution is 6.31. The number of amidine groups is 1. The second kappa shape index (κ2) is 2.27. The van der Waals surface area contributed by atoms with Crippen molar-refractivity contribution >= 4 is 18.4 Å². The van der Waals surface area contributed by atoms with E-state index in [0.29, 0.717) is 0 Å². The number of aliphatic imine (C=N–C) groups is 2. The Hall–Kier alpha value is -1.45. The second-order valence-electron chi connectivity index (χ2n) is 3.29. The van der Waals surface area contributed by atoms with Crippen LogP contribution in [0.2, 0.25) is 0 Å². The summed E-state index contributed by atoms with van der Waals surface area (Å²) in [6, 6.07) is 0. The van der Waals surface area contributed by atoms with E-state index >= 15 is 0 Å². The van der Waals surface area contributed by atoms with Crippen LogP contribution in [0, 0.1) is 0 Å². The quantitative estimate of drug-likeness (QED) is 0.524. The van der Waals surface area contributed by atoms with E-state index in [9.17, 15) is 0 Å². The third-order valence-electron chi connectivity index (χ3n) is 1.69. The van der Waals surface area contributed by atoms with Crippen molar-refractivity contribution in [3.63, 3.8) is 0 Å². The minimum Gasteiger partial charge on any atom is -0.255 e. The van der Waals surface area contributed by atoms with E-state index in [4.69, 9.17) is 0 Å². The Morgan fingerprint density at radius 1 is 1.42 bits per heavy atom. The van der Waals surface area contributed by atoms with Crippen LogP contribution < -0.4 is 0 Å². The molecule has 0 N–H and O–H groups in total. The van der Waals surface area contributed by atoms with E-state index in [0.717, 1.165) is 5.84 Å². The summed E-state index contributed by atoms with van der Waals surface area (Å²) in [5.41, 5.74) is -0.134. The molecule has 2 heterocycles. The summed E-state index contributed by atoms with van der Waals surface area (Å²) in [7, 11) is 0. The summed E-state index contributed by atoms with van der Waals surface area (Å²) in [6.45, 7) is 4.08. The molecule has 0 unspecified atom stereocenters. The minimum atomic E-state index is -0.134. The van der Waals surface area contributed by atoms with Crippen molar-refractivity contribution < 1.29 is 0 Å². The predicted molar refractivity (Wildman–Crippen MR) is 49.5 cm³/mol. The molecule has 0 saturated heterocycles. The molecule has 2 aliphatic heterocycles. The van der Waals surface area contributed by atoms with E-state index in [1.165, 1.54) is 6.34 Å². The Kier molecular flexibility index (Phi) is 1.36. The lowest BCUT2D eigenvalue weighted by Gasteiger charge is -2.26. The van der Waals surface area contributed by atoms with E-state index in [1.54, 1.807) is 11.2 Å². The number of hydrazone groups is 1. The maximum absolute atomic E-state index is 4.43. The van der Waals surface area contributed by atoms with Crippen molar-refractivity contribution in [3.05, 3.63) is 12.3 Å². The summed E-state index contributed by atoms with van der Waals surface area (Å²) < 4.78 is 0. The van der Waals surface area contributed by atoms with Crippen LogP contribution in [0.3, 0.4) is 0 Å². The highest BCUT2D eigenvalue weighted by atomic mass is 15.5. The zero-order valence-corrected chi connectivity index (χ0v) is 7.10. The molecule has 0 spiro atoms. The molecule has 0 aromatic carbocycles. The van der Waals surface area contributed by atoms with Gasteiger partial charge in [-0.3, -0.25) is 4.99 Å². The van der Waals surface area contributed by atoms with Crippen LogP contribution >= 0.6 is 0 Å². The Bertz CT molecular complexity index is 309. The number of rotatable bonds is 0. The van der Waals surface area contributed by atoms with Crippen molar-refractivity contribution in [2.45, 2.75) is 19.4 Å². The predicted octanol–water partition coefficient (Wildman–Crippen LogP) is 1.02. The summed E-state index contributed by atoms with van der Waals surface area (Å²) in [6.07, 6.45) is 7.12. The fraction of sp³-hybridized carbons (Fsp3) is 0.375. The molecule has 4 nitrogen and oxygen atoms in total. The Balaban J connectivity index is 2.36. The van der Waals surface area contributed by atoms with E-state index in [1.807, 2.05) is 26.1 Å². The molecule has 0 fully saturated rings. The van der Waals surface area contributed by atoms with Gasteiger partial charge in [0.15, 0.2) is 5.84 Å². The van der Waals surface area contributed by atoms with Gasteiger partial charge in [0.05, 0.1) is 11.8 Å².